The number of aliphatic imine (C=N–C) groups is 1. The highest BCUT2D eigenvalue weighted by molar-refractivity contribution is 7.10. The first-order valence-electron chi connectivity index (χ1n) is 9.64. The van der Waals surface area contributed by atoms with E-state index in [9.17, 15) is 18.8 Å². The summed E-state index contributed by atoms with van der Waals surface area (Å²) in [6.45, 7) is 5.35. The summed E-state index contributed by atoms with van der Waals surface area (Å²) < 4.78 is 27.6. The molecule has 1 saturated heterocycles. The normalized spacial score (nSPS) is 17.2. The summed E-state index contributed by atoms with van der Waals surface area (Å²) in [6.07, 6.45) is 2.18. The van der Waals surface area contributed by atoms with Gasteiger partial charge < -0.3 is 9.80 Å². The topological polar surface area (TPSA) is 71.7 Å². The van der Waals surface area contributed by atoms with Crippen LogP contribution in [0.3, 0.4) is 0 Å². The predicted octanol–water partition coefficient (Wildman–Crippen LogP) is 3.50. The van der Waals surface area contributed by atoms with E-state index >= 15 is 0 Å². The molecule has 1 aromatic carbocycles. The van der Waals surface area contributed by atoms with Crippen molar-refractivity contribution in [3.8, 4) is 6.19 Å². The second-order valence-corrected chi connectivity index (χ2v) is 8.40. The van der Waals surface area contributed by atoms with Crippen LogP contribution in [-0.2, 0) is 11.2 Å². The van der Waals surface area contributed by atoms with Gasteiger partial charge in [-0.2, -0.15) is 5.26 Å². The Morgan fingerprint density at radius 1 is 1.37 bits per heavy atom. The fourth-order valence-electron chi connectivity index (χ4n) is 3.44. The van der Waals surface area contributed by atoms with Crippen LogP contribution in [0.4, 0.5) is 14.5 Å². The van der Waals surface area contributed by atoms with Crippen molar-refractivity contribution in [3.05, 3.63) is 52.2 Å². The van der Waals surface area contributed by atoms with Crippen molar-refractivity contribution < 1.29 is 13.6 Å². The molecule has 0 spiro atoms. The average Bonchev–Trinajstić information content (AvgIpc) is 3.22. The van der Waals surface area contributed by atoms with Crippen molar-refractivity contribution in [1.82, 2.24) is 15.1 Å². The Labute approximate surface area is 178 Å². The molecule has 6 nitrogen and oxygen atoms in total. The molecule has 1 atom stereocenters. The summed E-state index contributed by atoms with van der Waals surface area (Å²) in [7, 11) is 0. The number of halogens is 2. The number of carbonyl (C=O) groups is 1. The quantitative estimate of drug-likeness (QED) is 0.348. The lowest BCUT2D eigenvalue weighted by atomic mass is 9.99. The van der Waals surface area contributed by atoms with Gasteiger partial charge in [-0.3, -0.25) is 10.1 Å². The van der Waals surface area contributed by atoms with Gasteiger partial charge in [0.1, 0.15) is 17.3 Å². The number of rotatable bonds is 4. The van der Waals surface area contributed by atoms with Crippen molar-refractivity contribution in [2.45, 2.75) is 26.3 Å². The standard InChI is InChI=1S/C21H23F2N5OS/c1-14(2)19-12-27(20(29)11-16-4-3-9-30-16)7-8-28(19)21(25-13-24)26-18-10-15(22)5-6-17(18)23/h3-6,9-10,14,19H,7-8,11-12H2,1-2H3,(H,25,26). The lowest BCUT2D eigenvalue weighted by Crippen LogP contribution is -2.60. The molecule has 1 aliphatic rings. The van der Waals surface area contributed by atoms with E-state index in [0.717, 1.165) is 23.1 Å². The van der Waals surface area contributed by atoms with Crippen LogP contribution < -0.4 is 5.32 Å². The molecule has 0 bridgehead atoms. The van der Waals surface area contributed by atoms with E-state index in [1.165, 1.54) is 0 Å². The van der Waals surface area contributed by atoms with E-state index in [2.05, 4.69) is 10.3 Å². The predicted molar refractivity (Wildman–Crippen MR) is 112 cm³/mol. The van der Waals surface area contributed by atoms with Gasteiger partial charge >= 0.3 is 0 Å². The fraction of sp³-hybridized carbons (Fsp3) is 0.381. The number of guanidine groups is 1. The molecule has 3 rings (SSSR count). The maximum atomic E-state index is 14.1. The number of hydrogen-bond donors (Lipinski definition) is 1. The van der Waals surface area contributed by atoms with E-state index in [4.69, 9.17) is 0 Å². The first kappa shape index (κ1) is 21.7. The summed E-state index contributed by atoms with van der Waals surface area (Å²) in [5, 5.41) is 13.6. The van der Waals surface area contributed by atoms with Gasteiger partial charge in [0.15, 0.2) is 6.19 Å². The summed E-state index contributed by atoms with van der Waals surface area (Å²) >= 11 is 1.55. The molecule has 1 amide bonds. The minimum atomic E-state index is -0.681. The average molecular weight is 432 g/mol. The van der Waals surface area contributed by atoms with Gasteiger partial charge in [0, 0.05) is 30.6 Å². The van der Waals surface area contributed by atoms with Crippen LogP contribution in [0, 0.1) is 29.0 Å². The smallest absolute Gasteiger partial charge is 0.227 e. The number of hydrogen-bond acceptors (Lipinski definition) is 4. The molecule has 1 fully saturated rings. The van der Waals surface area contributed by atoms with Crippen LogP contribution >= 0.6 is 11.3 Å². The van der Waals surface area contributed by atoms with Crippen molar-refractivity contribution in [2.24, 2.45) is 10.9 Å². The highest BCUT2D eigenvalue weighted by Crippen LogP contribution is 2.23. The maximum Gasteiger partial charge on any atom is 0.227 e. The second kappa shape index (κ2) is 9.67. The van der Waals surface area contributed by atoms with E-state index < -0.39 is 11.6 Å². The van der Waals surface area contributed by atoms with Gasteiger partial charge in [-0.15, -0.1) is 11.3 Å². The Morgan fingerprint density at radius 3 is 2.83 bits per heavy atom. The van der Waals surface area contributed by atoms with Crippen molar-refractivity contribution in [2.75, 3.05) is 19.6 Å². The fourth-order valence-corrected chi connectivity index (χ4v) is 4.14. The van der Waals surface area contributed by atoms with Crippen molar-refractivity contribution >= 4 is 28.9 Å². The van der Waals surface area contributed by atoms with E-state index in [1.54, 1.807) is 11.3 Å². The molecular formula is C21H23F2N5OS. The summed E-state index contributed by atoms with van der Waals surface area (Å²) in [6, 6.07) is 6.72. The zero-order valence-electron chi connectivity index (χ0n) is 16.8. The monoisotopic (exact) mass is 431 g/mol. The third-order valence-corrected chi connectivity index (χ3v) is 5.90. The van der Waals surface area contributed by atoms with Gasteiger partial charge in [0.25, 0.3) is 0 Å². The largest absolute Gasteiger partial charge is 0.339 e. The van der Waals surface area contributed by atoms with Gasteiger partial charge in [-0.1, -0.05) is 19.9 Å². The highest BCUT2D eigenvalue weighted by atomic mass is 32.1. The highest BCUT2D eigenvalue weighted by Gasteiger charge is 2.33. The summed E-state index contributed by atoms with van der Waals surface area (Å²) in [5.74, 6) is -0.975. The summed E-state index contributed by atoms with van der Waals surface area (Å²) in [5.41, 5.74) is -0.188. The van der Waals surface area contributed by atoms with Crippen LogP contribution in [0.25, 0.3) is 0 Å². The number of nitrogens with zero attached hydrogens (tertiary/aromatic N) is 4. The second-order valence-electron chi connectivity index (χ2n) is 7.37. The number of nitrogens with one attached hydrogen (secondary N) is 1. The molecule has 1 unspecified atom stereocenters. The Hall–Kier alpha value is -2.99. The molecule has 2 heterocycles. The van der Waals surface area contributed by atoms with Gasteiger partial charge in [-0.25, -0.2) is 13.8 Å². The van der Waals surface area contributed by atoms with Crippen LogP contribution in [0.2, 0.25) is 0 Å². The Bertz CT molecular complexity index is 955. The van der Waals surface area contributed by atoms with E-state index in [-0.39, 0.29) is 29.5 Å². The zero-order valence-corrected chi connectivity index (χ0v) is 17.6. The number of nitriles is 1. The third-order valence-electron chi connectivity index (χ3n) is 5.02. The molecule has 0 aliphatic carbocycles. The molecule has 0 saturated carbocycles. The zero-order chi connectivity index (χ0) is 21.7. The summed E-state index contributed by atoms with van der Waals surface area (Å²) in [4.78, 5) is 21.6. The number of piperazine rings is 1. The maximum absolute atomic E-state index is 14.1. The Morgan fingerprint density at radius 2 is 2.17 bits per heavy atom. The molecule has 158 valence electrons. The van der Waals surface area contributed by atoms with Crippen molar-refractivity contribution in [3.63, 3.8) is 0 Å². The number of benzene rings is 1. The SMILES string of the molecule is CC(C)C1CN(C(=O)Cc2cccs2)CCN1C(=Nc1cc(F)ccc1F)NC#N. The first-order valence-corrected chi connectivity index (χ1v) is 10.5. The minimum absolute atomic E-state index is 0.0469. The number of thiophene rings is 1. The van der Waals surface area contributed by atoms with Crippen LogP contribution in [0.5, 0.6) is 0 Å². The van der Waals surface area contributed by atoms with E-state index in [1.807, 2.05) is 47.4 Å². The molecule has 0 radical (unpaired) electrons. The van der Waals surface area contributed by atoms with E-state index in [0.29, 0.717) is 26.1 Å². The molecule has 1 aromatic heterocycles. The van der Waals surface area contributed by atoms with Gasteiger partial charge in [0.05, 0.1) is 12.5 Å². The lowest BCUT2D eigenvalue weighted by molar-refractivity contribution is -0.133. The number of amides is 1. The molecular weight excluding hydrogens is 408 g/mol. The lowest BCUT2D eigenvalue weighted by Gasteiger charge is -2.44. The van der Waals surface area contributed by atoms with Crippen LogP contribution in [-0.4, -0.2) is 47.3 Å². The molecule has 30 heavy (non-hydrogen) atoms. The Balaban J connectivity index is 1.82. The molecule has 1 N–H and O–H groups in total. The molecule has 9 heteroatoms. The third kappa shape index (κ3) is 5.13. The van der Waals surface area contributed by atoms with Gasteiger partial charge in [-0.05, 0) is 29.5 Å². The molecule has 1 aliphatic heterocycles. The minimum Gasteiger partial charge on any atom is -0.339 e. The number of carbonyl (C=O) groups excluding carboxylic acids is 1. The van der Waals surface area contributed by atoms with Crippen molar-refractivity contribution in [1.29, 1.82) is 5.26 Å². The first-order chi connectivity index (χ1) is 14.4. The molecule has 2 aromatic rings. The van der Waals surface area contributed by atoms with Crippen LogP contribution in [0.15, 0.2) is 40.7 Å². The van der Waals surface area contributed by atoms with Crippen LogP contribution in [0.1, 0.15) is 18.7 Å². The Kier molecular flexibility index (Phi) is 7.00. The van der Waals surface area contributed by atoms with Gasteiger partial charge in [0.2, 0.25) is 11.9 Å².